The normalized spacial score (nSPS) is 16.7. The van der Waals surface area contributed by atoms with E-state index in [0.717, 1.165) is 29.7 Å². The minimum atomic E-state index is -0.190. The molecule has 0 radical (unpaired) electrons. The predicted octanol–water partition coefficient (Wildman–Crippen LogP) is 4.41. The fourth-order valence-corrected chi connectivity index (χ4v) is 3.26. The average molecular weight is 348 g/mol. The summed E-state index contributed by atoms with van der Waals surface area (Å²) < 4.78 is 5.49. The lowest BCUT2D eigenvalue weighted by Gasteiger charge is -2.22. The molecule has 6 nitrogen and oxygen atoms in total. The summed E-state index contributed by atoms with van der Waals surface area (Å²) in [5, 5.41) is 7.03. The van der Waals surface area contributed by atoms with Gasteiger partial charge in [-0.25, -0.2) is 4.79 Å². The van der Waals surface area contributed by atoms with E-state index in [4.69, 9.17) is 4.52 Å². The third-order valence-electron chi connectivity index (χ3n) is 4.54. The van der Waals surface area contributed by atoms with Gasteiger partial charge in [-0.3, -0.25) is 0 Å². The van der Waals surface area contributed by atoms with Crippen LogP contribution in [-0.2, 0) is 0 Å². The van der Waals surface area contributed by atoms with Crippen LogP contribution in [-0.4, -0.2) is 27.6 Å². The zero-order chi connectivity index (χ0) is 17.9. The fraction of sp³-hybridized carbons (Fsp3) is 0.250. The van der Waals surface area contributed by atoms with Crippen LogP contribution in [0, 0.1) is 6.92 Å². The number of hydrogen-bond acceptors (Lipinski definition) is 4. The Balaban J connectivity index is 1.52. The molecule has 3 aromatic rings. The van der Waals surface area contributed by atoms with Gasteiger partial charge in [0.1, 0.15) is 6.04 Å². The number of para-hydroxylation sites is 1. The highest BCUT2D eigenvalue weighted by Crippen LogP contribution is 2.32. The van der Waals surface area contributed by atoms with Crippen molar-refractivity contribution >= 4 is 11.7 Å². The zero-order valence-corrected chi connectivity index (χ0v) is 14.6. The van der Waals surface area contributed by atoms with Gasteiger partial charge in [0.2, 0.25) is 11.7 Å². The van der Waals surface area contributed by atoms with E-state index in [1.54, 1.807) is 4.90 Å². The van der Waals surface area contributed by atoms with Gasteiger partial charge in [0, 0.05) is 17.8 Å². The van der Waals surface area contributed by atoms with Crippen LogP contribution >= 0.6 is 0 Å². The molecule has 1 atom stereocenters. The second-order valence-electron chi connectivity index (χ2n) is 6.47. The summed E-state index contributed by atoms with van der Waals surface area (Å²) in [5.74, 6) is 1.04. The molecule has 0 aliphatic carbocycles. The number of carbonyl (C=O) groups is 1. The Morgan fingerprint density at radius 1 is 1.19 bits per heavy atom. The number of rotatable bonds is 3. The van der Waals surface area contributed by atoms with Gasteiger partial charge in [-0.15, -0.1) is 0 Å². The summed E-state index contributed by atoms with van der Waals surface area (Å²) in [7, 11) is 0. The molecule has 0 saturated carbocycles. The van der Waals surface area contributed by atoms with Crippen LogP contribution < -0.4 is 5.32 Å². The molecule has 2 amide bonds. The first-order valence-electron chi connectivity index (χ1n) is 8.74. The first kappa shape index (κ1) is 16.3. The van der Waals surface area contributed by atoms with Crippen LogP contribution in [0.5, 0.6) is 0 Å². The Morgan fingerprint density at radius 2 is 2.04 bits per heavy atom. The lowest BCUT2D eigenvalue weighted by molar-refractivity contribution is 0.193. The van der Waals surface area contributed by atoms with Gasteiger partial charge in [0.15, 0.2) is 0 Å². The minimum absolute atomic E-state index is 0.144. The third kappa shape index (κ3) is 3.31. The van der Waals surface area contributed by atoms with E-state index in [2.05, 4.69) is 15.5 Å². The maximum atomic E-state index is 12.6. The summed E-state index contributed by atoms with van der Waals surface area (Å²) >= 11 is 0. The summed E-state index contributed by atoms with van der Waals surface area (Å²) in [4.78, 5) is 19.0. The van der Waals surface area contributed by atoms with E-state index in [1.807, 2.05) is 61.5 Å². The van der Waals surface area contributed by atoms with Crippen LogP contribution in [0.4, 0.5) is 10.5 Å². The standard InChI is InChI=1S/C20H20N4O2/c1-14-7-5-8-15(13-14)18-22-19(26-23-18)17-11-6-12-24(17)20(25)21-16-9-3-2-4-10-16/h2-5,7-10,13,17H,6,11-12H2,1H3,(H,21,25). The number of nitrogens with zero attached hydrogens (tertiary/aromatic N) is 3. The Kier molecular flexibility index (Phi) is 4.39. The highest BCUT2D eigenvalue weighted by Gasteiger charge is 2.34. The molecule has 1 fully saturated rings. The molecule has 1 aliphatic rings. The maximum Gasteiger partial charge on any atom is 0.322 e. The third-order valence-corrected chi connectivity index (χ3v) is 4.54. The van der Waals surface area contributed by atoms with Crippen molar-refractivity contribution in [1.29, 1.82) is 0 Å². The van der Waals surface area contributed by atoms with Crippen molar-refractivity contribution in [1.82, 2.24) is 15.0 Å². The molecule has 1 aromatic heterocycles. The highest BCUT2D eigenvalue weighted by molar-refractivity contribution is 5.89. The molecule has 2 heterocycles. The van der Waals surface area contributed by atoms with E-state index in [9.17, 15) is 4.79 Å². The number of nitrogens with one attached hydrogen (secondary N) is 1. The number of urea groups is 1. The highest BCUT2D eigenvalue weighted by atomic mass is 16.5. The van der Waals surface area contributed by atoms with Crippen molar-refractivity contribution < 1.29 is 9.32 Å². The van der Waals surface area contributed by atoms with Crippen molar-refractivity contribution in [3.63, 3.8) is 0 Å². The fourth-order valence-electron chi connectivity index (χ4n) is 3.26. The second-order valence-corrected chi connectivity index (χ2v) is 6.47. The summed E-state index contributed by atoms with van der Waals surface area (Å²) in [6.07, 6.45) is 1.73. The van der Waals surface area contributed by atoms with Gasteiger partial charge < -0.3 is 14.7 Å². The molecule has 1 N–H and O–H groups in total. The smallest absolute Gasteiger partial charge is 0.322 e. The second kappa shape index (κ2) is 7.00. The number of amides is 2. The van der Waals surface area contributed by atoms with Gasteiger partial charge >= 0.3 is 6.03 Å². The molecule has 0 spiro atoms. The predicted molar refractivity (Wildman–Crippen MR) is 98.6 cm³/mol. The van der Waals surface area contributed by atoms with E-state index in [0.29, 0.717) is 18.3 Å². The maximum absolute atomic E-state index is 12.6. The molecule has 132 valence electrons. The Labute approximate surface area is 151 Å². The zero-order valence-electron chi connectivity index (χ0n) is 14.6. The van der Waals surface area contributed by atoms with Crippen molar-refractivity contribution in [3.05, 3.63) is 66.1 Å². The number of hydrogen-bond donors (Lipinski definition) is 1. The van der Waals surface area contributed by atoms with E-state index in [-0.39, 0.29) is 12.1 Å². The molecule has 2 aromatic carbocycles. The SMILES string of the molecule is Cc1cccc(-c2noc(C3CCCN3C(=O)Nc3ccccc3)n2)c1. The Morgan fingerprint density at radius 3 is 2.85 bits per heavy atom. The lowest BCUT2D eigenvalue weighted by Crippen LogP contribution is -2.34. The summed E-state index contributed by atoms with van der Waals surface area (Å²) in [5.41, 5.74) is 2.82. The van der Waals surface area contributed by atoms with Crippen LogP contribution in [0.15, 0.2) is 59.1 Å². The van der Waals surface area contributed by atoms with Crippen LogP contribution in [0.1, 0.15) is 30.3 Å². The first-order chi connectivity index (χ1) is 12.7. The van der Waals surface area contributed by atoms with E-state index in [1.165, 1.54) is 0 Å². The van der Waals surface area contributed by atoms with Gasteiger partial charge in [0.25, 0.3) is 0 Å². The average Bonchev–Trinajstić information content (AvgIpc) is 3.32. The number of likely N-dealkylation sites (tertiary alicyclic amines) is 1. The quantitative estimate of drug-likeness (QED) is 0.761. The Hall–Kier alpha value is -3.15. The van der Waals surface area contributed by atoms with Crippen molar-refractivity contribution in [2.75, 3.05) is 11.9 Å². The van der Waals surface area contributed by atoms with Gasteiger partial charge in [-0.1, -0.05) is 47.1 Å². The summed E-state index contributed by atoms with van der Waals surface area (Å²) in [6, 6.07) is 17.1. The van der Waals surface area contributed by atoms with Crippen LogP contribution in [0.2, 0.25) is 0 Å². The Bertz CT molecular complexity index is 907. The molecule has 4 rings (SSSR count). The van der Waals surface area contributed by atoms with Gasteiger partial charge in [-0.2, -0.15) is 4.98 Å². The van der Waals surface area contributed by atoms with Gasteiger partial charge in [0.05, 0.1) is 0 Å². The lowest BCUT2D eigenvalue weighted by atomic mass is 10.1. The molecule has 26 heavy (non-hydrogen) atoms. The molecular formula is C20H20N4O2. The van der Waals surface area contributed by atoms with Crippen molar-refractivity contribution in [2.24, 2.45) is 0 Å². The number of aryl methyl sites for hydroxylation is 1. The number of aromatic nitrogens is 2. The molecule has 1 unspecified atom stereocenters. The first-order valence-corrected chi connectivity index (χ1v) is 8.74. The van der Waals surface area contributed by atoms with E-state index < -0.39 is 0 Å². The monoisotopic (exact) mass is 348 g/mol. The van der Waals surface area contributed by atoms with Crippen LogP contribution in [0.25, 0.3) is 11.4 Å². The topological polar surface area (TPSA) is 71.3 Å². The molecule has 1 aliphatic heterocycles. The molecule has 6 heteroatoms. The van der Waals surface area contributed by atoms with Gasteiger partial charge in [-0.05, 0) is 38.0 Å². The largest absolute Gasteiger partial charge is 0.337 e. The molecule has 1 saturated heterocycles. The van der Waals surface area contributed by atoms with E-state index >= 15 is 0 Å². The number of benzene rings is 2. The number of anilines is 1. The van der Waals surface area contributed by atoms with Crippen molar-refractivity contribution in [2.45, 2.75) is 25.8 Å². The molecular weight excluding hydrogens is 328 g/mol. The van der Waals surface area contributed by atoms with Crippen molar-refractivity contribution in [3.8, 4) is 11.4 Å². The minimum Gasteiger partial charge on any atom is -0.337 e. The number of carbonyl (C=O) groups excluding carboxylic acids is 1. The summed E-state index contributed by atoms with van der Waals surface area (Å²) in [6.45, 7) is 2.70. The molecule has 0 bridgehead atoms. The van der Waals surface area contributed by atoms with Crippen LogP contribution in [0.3, 0.4) is 0 Å².